The predicted molar refractivity (Wildman–Crippen MR) is 94.7 cm³/mol. The van der Waals surface area contributed by atoms with E-state index in [1.165, 1.54) is 24.9 Å². The van der Waals surface area contributed by atoms with Gasteiger partial charge in [-0.15, -0.1) is 0 Å². The summed E-state index contributed by atoms with van der Waals surface area (Å²) in [5, 5.41) is 11.4. The quantitative estimate of drug-likeness (QED) is 0.276. The van der Waals surface area contributed by atoms with Gasteiger partial charge in [-0.2, -0.15) is 9.57 Å². The number of ether oxygens (including phenoxy) is 1. The second-order valence-electron chi connectivity index (χ2n) is 5.12. The maximum absolute atomic E-state index is 13.1. The number of hydrogen-bond acceptors (Lipinski definition) is 7. The molecule has 0 amide bonds. The first kappa shape index (κ1) is 19.2. The molecular weight excluding hydrogens is 364 g/mol. The van der Waals surface area contributed by atoms with Gasteiger partial charge in [-0.25, -0.2) is 13.4 Å². The van der Waals surface area contributed by atoms with Crippen molar-refractivity contribution in [2.75, 3.05) is 19.9 Å². The molecule has 1 aromatic rings. The molecule has 25 heavy (non-hydrogen) atoms. The van der Waals surface area contributed by atoms with Crippen LogP contribution in [0, 0.1) is 11.5 Å². The summed E-state index contributed by atoms with van der Waals surface area (Å²) in [5.74, 6) is -0.571. The molecule has 10 heteroatoms. The lowest BCUT2D eigenvalue weighted by atomic mass is 10.2. The number of esters is 1. The highest BCUT2D eigenvalue weighted by molar-refractivity contribution is 8.13. The molecular formula is C15H18N4O4S2. The number of nitrogens with zero attached hydrogens (tertiary/aromatic N) is 3. The van der Waals surface area contributed by atoms with E-state index < -0.39 is 22.0 Å². The Kier molecular flexibility index (Phi) is 6.41. The number of carbonyl (C=O) groups is 1. The SMILES string of the molecule is COC(=O)C1CCCN1S(=O)(=O)c1ccccc1N=C(NC#N)SC. The van der Waals surface area contributed by atoms with E-state index in [4.69, 9.17) is 10.00 Å². The van der Waals surface area contributed by atoms with E-state index >= 15 is 0 Å². The maximum atomic E-state index is 13.1. The Balaban J connectivity index is 2.47. The second kappa shape index (κ2) is 8.33. The van der Waals surface area contributed by atoms with Gasteiger partial charge in [-0.1, -0.05) is 23.9 Å². The maximum Gasteiger partial charge on any atom is 0.324 e. The highest BCUT2D eigenvalue weighted by Gasteiger charge is 2.40. The number of amidine groups is 1. The summed E-state index contributed by atoms with van der Waals surface area (Å²) in [6.45, 7) is 0.242. The fourth-order valence-electron chi connectivity index (χ4n) is 2.58. The minimum atomic E-state index is -3.94. The van der Waals surface area contributed by atoms with Crippen molar-refractivity contribution in [2.45, 2.75) is 23.8 Å². The largest absolute Gasteiger partial charge is 0.468 e. The number of carbonyl (C=O) groups excluding carboxylic acids is 1. The van der Waals surface area contributed by atoms with Crippen molar-refractivity contribution in [1.29, 1.82) is 5.26 Å². The fourth-order valence-corrected chi connectivity index (χ4v) is 4.69. The van der Waals surface area contributed by atoms with Crippen LogP contribution >= 0.6 is 11.8 Å². The molecule has 0 aliphatic carbocycles. The van der Waals surface area contributed by atoms with Crippen LogP contribution in [0.15, 0.2) is 34.2 Å². The normalized spacial score (nSPS) is 18.6. The summed E-state index contributed by atoms with van der Waals surface area (Å²) in [5.41, 5.74) is 0.199. The highest BCUT2D eigenvalue weighted by atomic mass is 32.2. The molecule has 0 radical (unpaired) electrons. The third-order valence-corrected chi connectivity index (χ3v) is 6.24. The van der Waals surface area contributed by atoms with Crippen LogP contribution in [0.2, 0.25) is 0 Å². The van der Waals surface area contributed by atoms with Crippen LogP contribution in [0.5, 0.6) is 0 Å². The smallest absolute Gasteiger partial charge is 0.324 e. The fraction of sp³-hybridized carbons (Fsp3) is 0.400. The lowest BCUT2D eigenvalue weighted by molar-refractivity contribution is -0.144. The Hall–Kier alpha value is -2.09. The number of nitrogens with one attached hydrogen (secondary N) is 1. The van der Waals surface area contributed by atoms with Crippen molar-refractivity contribution in [2.24, 2.45) is 4.99 Å². The van der Waals surface area contributed by atoms with E-state index in [-0.39, 0.29) is 22.3 Å². The van der Waals surface area contributed by atoms with E-state index in [0.717, 1.165) is 4.31 Å². The lowest BCUT2D eigenvalue weighted by Crippen LogP contribution is -2.41. The number of sulfonamides is 1. The molecule has 0 saturated carbocycles. The summed E-state index contributed by atoms with van der Waals surface area (Å²) in [6.07, 6.45) is 4.48. The number of methoxy groups -OCH3 is 1. The standard InChI is InChI=1S/C15H18N4O4S2/c1-23-14(20)12-7-5-9-19(12)25(21,22)13-8-4-3-6-11(13)18-15(24-2)17-10-16/h3-4,6,8,12H,5,7,9H2,1-2H3,(H,17,18). The van der Waals surface area contributed by atoms with Crippen LogP contribution in [0.4, 0.5) is 5.69 Å². The zero-order valence-corrected chi connectivity index (χ0v) is 15.4. The third kappa shape index (κ3) is 4.12. The minimum absolute atomic E-state index is 0.0166. The summed E-state index contributed by atoms with van der Waals surface area (Å²) in [4.78, 5) is 16.1. The monoisotopic (exact) mass is 382 g/mol. The second-order valence-corrected chi connectivity index (χ2v) is 7.78. The van der Waals surface area contributed by atoms with Crippen molar-refractivity contribution in [1.82, 2.24) is 9.62 Å². The molecule has 8 nitrogen and oxygen atoms in total. The van der Waals surface area contributed by atoms with E-state index in [0.29, 0.717) is 12.8 Å². The number of para-hydroxylation sites is 1. The van der Waals surface area contributed by atoms with Gasteiger partial charge in [0.2, 0.25) is 10.0 Å². The van der Waals surface area contributed by atoms with E-state index in [9.17, 15) is 13.2 Å². The summed E-state index contributed by atoms with van der Waals surface area (Å²) < 4.78 is 32.0. The highest BCUT2D eigenvalue weighted by Crippen LogP contribution is 2.32. The first-order valence-electron chi connectivity index (χ1n) is 7.42. The van der Waals surface area contributed by atoms with Crippen molar-refractivity contribution in [3.05, 3.63) is 24.3 Å². The molecule has 1 saturated heterocycles. The van der Waals surface area contributed by atoms with Crippen molar-refractivity contribution in [3.63, 3.8) is 0 Å². The van der Waals surface area contributed by atoms with Gasteiger partial charge in [0.1, 0.15) is 10.9 Å². The van der Waals surface area contributed by atoms with Crippen LogP contribution in [-0.4, -0.2) is 49.8 Å². The van der Waals surface area contributed by atoms with Crippen LogP contribution in [0.1, 0.15) is 12.8 Å². The molecule has 1 atom stereocenters. The van der Waals surface area contributed by atoms with Gasteiger partial charge >= 0.3 is 5.97 Å². The van der Waals surface area contributed by atoms with Gasteiger partial charge in [-0.05, 0) is 31.2 Å². The summed E-state index contributed by atoms with van der Waals surface area (Å²) >= 11 is 1.18. The zero-order chi connectivity index (χ0) is 18.4. The number of thioether (sulfide) groups is 1. The number of hydrogen-bond donors (Lipinski definition) is 1. The summed E-state index contributed by atoms with van der Waals surface area (Å²) in [6, 6.07) is 5.40. The Morgan fingerprint density at radius 3 is 2.84 bits per heavy atom. The van der Waals surface area contributed by atoms with Crippen molar-refractivity contribution in [3.8, 4) is 6.19 Å². The minimum Gasteiger partial charge on any atom is -0.468 e. The van der Waals surface area contributed by atoms with Gasteiger partial charge in [0.05, 0.1) is 12.8 Å². The number of benzene rings is 1. The molecule has 1 fully saturated rings. The number of rotatable bonds is 4. The topological polar surface area (TPSA) is 112 Å². The average molecular weight is 382 g/mol. The molecule has 0 bridgehead atoms. The van der Waals surface area contributed by atoms with Gasteiger partial charge in [-0.3, -0.25) is 10.1 Å². The Bertz CT molecular complexity index is 817. The third-order valence-electron chi connectivity index (χ3n) is 3.71. The molecule has 1 N–H and O–H groups in total. The summed E-state index contributed by atoms with van der Waals surface area (Å²) in [7, 11) is -2.70. The molecule has 1 aliphatic rings. The first-order chi connectivity index (χ1) is 12.0. The Labute approximate surface area is 150 Å². The van der Waals surface area contributed by atoms with E-state index in [1.807, 2.05) is 0 Å². The molecule has 1 aliphatic heterocycles. The molecule has 134 valence electrons. The Morgan fingerprint density at radius 2 is 2.20 bits per heavy atom. The van der Waals surface area contributed by atoms with Crippen molar-refractivity contribution >= 4 is 38.6 Å². The van der Waals surface area contributed by atoms with Crippen LogP contribution in [0.3, 0.4) is 0 Å². The lowest BCUT2D eigenvalue weighted by Gasteiger charge is -2.22. The average Bonchev–Trinajstić information content (AvgIpc) is 3.11. The van der Waals surface area contributed by atoms with Gasteiger partial charge in [0, 0.05) is 6.54 Å². The predicted octanol–water partition coefficient (Wildman–Crippen LogP) is 1.43. The van der Waals surface area contributed by atoms with Crippen LogP contribution < -0.4 is 5.32 Å². The molecule has 0 aromatic heterocycles. The van der Waals surface area contributed by atoms with E-state index in [1.54, 1.807) is 30.6 Å². The molecule has 1 aromatic carbocycles. The van der Waals surface area contributed by atoms with Crippen LogP contribution in [-0.2, 0) is 19.6 Å². The number of nitriles is 1. The van der Waals surface area contributed by atoms with Crippen LogP contribution in [0.25, 0.3) is 0 Å². The zero-order valence-electron chi connectivity index (χ0n) is 13.8. The Morgan fingerprint density at radius 1 is 1.48 bits per heavy atom. The molecule has 1 heterocycles. The first-order valence-corrected chi connectivity index (χ1v) is 10.1. The van der Waals surface area contributed by atoms with Crippen molar-refractivity contribution < 1.29 is 17.9 Å². The molecule has 0 spiro atoms. The molecule has 1 unspecified atom stereocenters. The van der Waals surface area contributed by atoms with Gasteiger partial charge in [0.25, 0.3) is 0 Å². The van der Waals surface area contributed by atoms with E-state index in [2.05, 4.69) is 10.3 Å². The molecule has 2 rings (SSSR count). The van der Waals surface area contributed by atoms with Gasteiger partial charge in [0.15, 0.2) is 11.4 Å². The number of aliphatic imine (C=N–C) groups is 1. The van der Waals surface area contributed by atoms with Gasteiger partial charge < -0.3 is 4.74 Å².